The van der Waals surface area contributed by atoms with Crippen molar-refractivity contribution in [2.45, 2.75) is 64.1 Å². The first kappa shape index (κ1) is 18.1. The van der Waals surface area contributed by atoms with Crippen molar-refractivity contribution in [3.8, 4) is 0 Å². The predicted molar refractivity (Wildman–Crippen MR) is 92.4 cm³/mol. The SMILES string of the molecule is Cc1nc(=O)[nH]c(C)c1CCC(=O)N1CCC2(CC1)OCCC[C@@H]2O. The van der Waals surface area contributed by atoms with E-state index >= 15 is 0 Å². The van der Waals surface area contributed by atoms with Gasteiger partial charge in [0.25, 0.3) is 0 Å². The molecule has 0 aromatic carbocycles. The summed E-state index contributed by atoms with van der Waals surface area (Å²) in [7, 11) is 0. The molecule has 2 N–H and O–H groups in total. The third-order valence-electron chi connectivity index (χ3n) is 5.62. The Labute approximate surface area is 147 Å². The summed E-state index contributed by atoms with van der Waals surface area (Å²) < 4.78 is 5.89. The quantitative estimate of drug-likeness (QED) is 0.843. The molecule has 25 heavy (non-hydrogen) atoms. The molecule has 1 aromatic heterocycles. The van der Waals surface area contributed by atoms with E-state index in [1.807, 2.05) is 11.8 Å². The number of H-pyrrole nitrogens is 1. The Balaban J connectivity index is 1.56. The molecular formula is C18H27N3O4. The van der Waals surface area contributed by atoms with Gasteiger partial charge in [0, 0.05) is 37.5 Å². The molecule has 138 valence electrons. The number of nitrogens with zero attached hydrogens (tertiary/aromatic N) is 2. The van der Waals surface area contributed by atoms with Crippen LogP contribution < -0.4 is 5.69 Å². The minimum Gasteiger partial charge on any atom is -0.390 e. The molecular weight excluding hydrogens is 322 g/mol. The molecule has 0 bridgehead atoms. The molecule has 1 spiro atoms. The van der Waals surface area contributed by atoms with Gasteiger partial charge in [0.15, 0.2) is 0 Å². The lowest BCUT2D eigenvalue weighted by atomic mass is 9.82. The number of aliphatic hydroxyl groups excluding tert-OH is 1. The van der Waals surface area contributed by atoms with Gasteiger partial charge in [0.05, 0.1) is 11.7 Å². The zero-order valence-electron chi connectivity index (χ0n) is 15.0. The maximum atomic E-state index is 12.5. The van der Waals surface area contributed by atoms with E-state index in [2.05, 4.69) is 9.97 Å². The molecule has 1 amide bonds. The number of aliphatic hydroxyl groups is 1. The summed E-state index contributed by atoms with van der Waals surface area (Å²) in [6.07, 6.45) is 3.61. The van der Waals surface area contributed by atoms with Crippen LogP contribution >= 0.6 is 0 Å². The van der Waals surface area contributed by atoms with Crippen LogP contribution in [0.5, 0.6) is 0 Å². The number of nitrogens with one attached hydrogen (secondary N) is 1. The van der Waals surface area contributed by atoms with Crippen molar-refractivity contribution in [1.82, 2.24) is 14.9 Å². The van der Waals surface area contributed by atoms with Crippen LogP contribution in [0.15, 0.2) is 4.79 Å². The summed E-state index contributed by atoms with van der Waals surface area (Å²) in [6, 6.07) is 0. The third-order valence-corrected chi connectivity index (χ3v) is 5.62. The van der Waals surface area contributed by atoms with Crippen molar-refractivity contribution in [2.75, 3.05) is 19.7 Å². The molecule has 2 saturated heterocycles. The Morgan fingerprint density at radius 3 is 2.76 bits per heavy atom. The number of hydrogen-bond donors (Lipinski definition) is 2. The topological polar surface area (TPSA) is 95.5 Å². The second-order valence-electron chi connectivity index (χ2n) is 7.18. The molecule has 1 aromatic rings. The number of aryl methyl sites for hydroxylation is 2. The van der Waals surface area contributed by atoms with E-state index in [1.54, 1.807) is 6.92 Å². The van der Waals surface area contributed by atoms with Crippen LogP contribution in [0.2, 0.25) is 0 Å². The molecule has 3 heterocycles. The van der Waals surface area contributed by atoms with Gasteiger partial charge in [-0.3, -0.25) is 4.79 Å². The zero-order chi connectivity index (χ0) is 18.0. The lowest BCUT2D eigenvalue weighted by Crippen LogP contribution is -2.56. The first-order chi connectivity index (χ1) is 11.9. The Kier molecular flexibility index (Phi) is 5.24. The maximum Gasteiger partial charge on any atom is 0.345 e. The average molecular weight is 349 g/mol. The highest BCUT2D eigenvalue weighted by molar-refractivity contribution is 5.76. The van der Waals surface area contributed by atoms with Crippen LogP contribution in [-0.4, -0.2) is 57.3 Å². The highest BCUT2D eigenvalue weighted by Crippen LogP contribution is 2.35. The van der Waals surface area contributed by atoms with Gasteiger partial charge < -0.3 is 19.7 Å². The minimum atomic E-state index is -0.453. The number of carbonyl (C=O) groups is 1. The summed E-state index contributed by atoms with van der Waals surface area (Å²) in [5.74, 6) is 0.102. The second-order valence-corrected chi connectivity index (χ2v) is 7.18. The van der Waals surface area contributed by atoms with Crippen LogP contribution in [0, 0.1) is 13.8 Å². The molecule has 2 fully saturated rings. The van der Waals surface area contributed by atoms with Crippen LogP contribution in [0.4, 0.5) is 0 Å². The monoisotopic (exact) mass is 349 g/mol. The van der Waals surface area contributed by atoms with Crippen LogP contribution in [0.25, 0.3) is 0 Å². The molecule has 0 unspecified atom stereocenters. The first-order valence-electron chi connectivity index (χ1n) is 9.07. The number of piperidine rings is 1. The van der Waals surface area contributed by atoms with E-state index in [0.717, 1.165) is 24.1 Å². The van der Waals surface area contributed by atoms with Crippen molar-refractivity contribution >= 4 is 5.91 Å². The summed E-state index contributed by atoms with van der Waals surface area (Å²) in [5.41, 5.74) is 1.60. The van der Waals surface area contributed by atoms with Gasteiger partial charge in [-0.1, -0.05) is 0 Å². The number of aromatic amines is 1. The van der Waals surface area contributed by atoms with Crippen LogP contribution in [0.3, 0.4) is 0 Å². The fourth-order valence-corrected chi connectivity index (χ4v) is 4.04. The summed E-state index contributed by atoms with van der Waals surface area (Å²) >= 11 is 0. The van der Waals surface area contributed by atoms with Gasteiger partial charge in [-0.2, -0.15) is 4.98 Å². The van der Waals surface area contributed by atoms with Gasteiger partial charge in [-0.05, 0) is 51.5 Å². The van der Waals surface area contributed by atoms with E-state index in [4.69, 9.17) is 4.74 Å². The Morgan fingerprint density at radius 1 is 1.40 bits per heavy atom. The predicted octanol–water partition coefficient (Wildman–Crippen LogP) is 0.852. The summed E-state index contributed by atoms with van der Waals surface area (Å²) in [5, 5.41) is 10.3. The van der Waals surface area contributed by atoms with Crippen molar-refractivity contribution in [3.63, 3.8) is 0 Å². The second kappa shape index (κ2) is 7.25. The van der Waals surface area contributed by atoms with Crippen molar-refractivity contribution in [2.24, 2.45) is 0 Å². The van der Waals surface area contributed by atoms with E-state index in [1.165, 1.54) is 0 Å². The van der Waals surface area contributed by atoms with Gasteiger partial charge in [-0.15, -0.1) is 0 Å². The van der Waals surface area contributed by atoms with Gasteiger partial charge in [0.2, 0.25) is 5.91 Å². The molecule has 7 heteroatoms. The zero-order valence-corrected chi connectivity index (χ0v) is 15.0. The number of likely N-dealkylation sites (tertiary alicyclic amines) is 1. The van der Waals surface area contributed by atoms with Gasteiger partial charge in [0.1, 0.15) is 0 Å². The highest BCUT2D eigenvalue weighted by atomic mass is 16.5. The normalized spacial score (nSPS) is 23.0. The summed E-state index contributed by atoms with van der Waals surface area (Å²) in [6.45, 7) is 5.58. The first-order valence-corrected chi connectivity index (χ1v) is 9.07. The van der Waals surface area contributed by atoms with Crippen LogP contribution in [0.1, 0.15) is 49.1 Å². The molecule has 2 aliphatic rings. The van der Waals surface area contributed by atoms with E-state index in [0.29, 0.717) is 51.1 Å². The Hall–Kier alpha value is -1.73. The largest absolute Gasteiger partial charge is 0.390 e. The minimum absolute atomic E-state index is 0.102. The van der Waals surface area contributed by atoms with E-state index in [9.17, 15) is 14.7 Å². The number of ether oxygens (including phenoxy) is 1. The lowest BCUT2D eigenvalue weighted by Gasteiger charge is -2.46. The van der Waals surface area contributed by atoms with E-state index in [-0.39, 0.29) is 11.6 Å². The van der Waals surface area contributed by atoms with Crippen molar-refractivity contribution in [1.29, 1.82) is 0 Å². The Bertz CT molecular complexity index is 666. The number of aromatic nitrogens is 2. The standard InChI is InChI=1S/C18H27N3O4/c1-12-14(13(2)20-17(24)19-12)5-6-16(23)21-9-7-18(8-10-21)15(22)4-3-11-25-18/h15,22H,3-11H2,1-2H3,(H,19,20,24)/t15-/m0/s1. The van der Waals surface area contributed by atoms with Crippen molar-refractivity contribution in [3.05, 3.63) is 27.4 Å². The third kappa shape index (κ3) is 3.77. The van der Waals surface area contributed by atoms with Gasteiger partial charge in [-0.25, -0.2) is 4.79 Å². The van der Waals surface area contributed by atoms with Crippen molar-refractivity contribution < 1.29 is 14.6 Å². The van der Waals surface area contributed by atoms with Crippen LogP contribution in [-0.2, 0) is 16.0 Å². The van der Waals surface area contributed by atoms with E-state index < -0.39 is 11.7 Å². The molecule has 2 aliphatic heterocycles. The molecule has 1 atom stereocenters. The molecule has 7 nitrogen and oxygen atoms in total. The molecule has 0 aliphatic carbocycles. The molecule has 3 rings (SSSR count). The number of amides is 1. The lowest BCUT2D eigenvalue weighted by molar-refractivity contribution is -0.179. The number of hydrogen-bond acceptors (Lipinski definition) is 5. The maximum absolute atomic E-state index is 12.5. The smallest absolute Gasteiger partial charge is 0.345 e. The fraction of sp³-hybridized carbons (Fsp3) is 0.722. The summed E-state index contributed by atoms with van der Waals surface area (Å²) in [4.78, 5) is 32.4. The highest BCUT2D eigenvalue weighted by Gasteiger charge is 2.44. The molecule has 0 saturated carbocycles. The molecule has 0 radical (unpaired) electrons. The average Bonchev–Trinajstić information content (AvgIpc) is 2.57. The number of rotatable bonds is 3. The fourth-order valence-electron chi connectivity index (χ4n) is 4.04. The Morgan fingerprint density at radius 2 is 2.12 bits per heavy atom. The van der Waals surface area contributed by atoms with Gasteiger partial charge >= 0.3 is 5.69 Å². The number of carbonyl (C=O) groups excluding carboxylic acids is 1.